The average Bonchev–Trinajstić information content (AvgIpc) is 3.24. The Morgan fingerprint density at radius 2 is 1.86 bits per heavy atom. The second-order valence-electron chi connectivity index (χ2n) is 11.3. The molecule has 4 rings (SSSR count). The molecule has 0 bridgehead atoms. The van der Waals surface area contributed by atoms with E-state index in [9.17, 15) is 9.59 Å². The molecule has 1 amide bonds. The number of aryl methyl sites for hydroxylation is 1. The van der Waals surface area contributed by atoms with E-state index in [-0.39, 0.29) is 17.0 Å². The number of rotatable bonds is 7. The van der Waals surface area contributed by atoms with Crippen LogP contribution in [-0.4, -0.2) is 83.2 Å². The number of benzene rings is 1. The zero-order valence-electron chi connectivity index (χ0n) is 22.2. The second kappa shape index (κ2) is 10.3. The number of likely N-dealkylation sites (tertiary alicyclic amines) is 1. The summed E-state index contributed by atoms with van der Waals surface area (Å²) in [4.78, 5) is 36.0. The molecular weight excluding hydrogens is 454 g/mol. The van der Waals surface area contributed by atoms with Crippen LogP contribution in [0.3, 0.4) is 0 Å². The molecule has 0 radical (unpaired) electrons. The number of amides is 1. The summed E-state index contributed by atoms with van der Waals surface area (Å²) in [6.45, 7) is 14.1. The molecule has 2 saturated heterocycles. The van der Waals surface area contributed by atoms with E-state index < -0.39 is 5.54 Å². The predicted molar refractivity (Wildman–Crippen MR) is 144 cm³/mol. The van der Waals surface area contributed by atoms with E-state index in [0.717, 1.165) is 44.7 Å². The number of nitrogens with zero attached hydrogens (tertiary/aromatic N) is 5. The lowest BCUT2D eigenvalue weighted by atomic mass is 9.90. The minimum Gasteiger partial charge on any atom is -0.353 e. The smallest absolute Gasteiger partial charge is 0.353 e. The van der Waals surface area contributed by atoms with Crippen LogP contribution in [0.15, 0.2) is 35.3 Å². The standard InChI is InChI=1S/C27H41N7O2/c1-20-17-22(6-5-21(20)7-10-31-12-9-27(4,18-28)19-31)34-11-8-23(30-25(34)36)32-13-15-33(16-14-32)24(35)26(2,3)29/h5-6,8,11,17H,7,9-10,12-16,18-19,28-29H2,1-4H3. The number of piperazine rings is 1. The van der Waals surface area contributed by atoms with E-state index >= 15 is 0 Å². The molecule has 9 heteroatoms. The minimum atomic E-state index is -0.880. The van der Waals surface area contributed by atoms with Crippen LogP contribution in [0.4, 0.5) is 5.82 Å². The van der Waals surface area contributed by atoms with Gasteiger partial charge in [-0.25, -0.2) is 4.79 Å². The summed E-state index contributed by atoms with van der Waals surface area (Å²) in [6.07, 6.45) is 3.93. The molecule has 2 fully saturated rings. The maximum atomic E-state index is 12.9. The van der Waals surface area contributed by atoms with Crippen molar-refractivity contribution in [3.05, 3.63) is 52.1 Å². The van der Waals surface area contributed by atoms with Crippen LogP contribution in [0, 0.1) is 12.3 Å². The van der Waals surface area contributed by atoms with E-state index in [1.165, 1.54) is 11.1 Å². The Balaban J connectivity index is 1.38. The SMILES string of the molecule is Cc1cc(-n2ccc(N3CCN(C(=O)C(C)(C)N)CC3)nc2=O)ccc1CCN1CCC(C)(CN)C1. The Labute approximate surface area is 214 Å². The summed E-state index contributed by atoms with van der Waals surface area (Å²) < 4.78 is 1.59. The third kappa shape index (κ3) is 5.79. The van der Waals surface area contributed by atoms with Gasteiger partial charge in [-0.15, -0.1) is 0 Å². The highest BCUT2D eigenvalue weighted by atomic mass is 16.2. The lowest BCUT2D eigenvalue weighted by Crippen LogP contribution is -2.57. The van der Waals surface area contributed by atoms with Gasteiger partial charge in [0.1, 0.15) is 5.82 Å². The van der Waals surface area contributed by atoms with Crippen molar-refractivity contribution >= 4 is 11.7 Å². The van der Waals surface area contributed by atoms with Crippen molar-refractivity contribution in [2.45, 2.75) is 46.1 Å². The number of carbonyl (C=O) groups excluding carboxylic acids is 1. The van der Waals surface area contributed by atoms with Gasteiger partial charge in [0.2, 0.25) is 5.91 Å². The van der Waals surface area contributed by atoms with Crippen LogP contribution in [0.25, 0.3) is 5.69 Å². The van der Waals surface area contributed by atoms with Gasteiger partial charge >= 0.3 is 5.69 Å². The number of anilines is 1. The number of nitrogens with two attached hydrogens (primary N) is 2. The molecule has 0 aliphatic carbocycles. The summed E-state index contributed by atoms with van der Waals surface area (Å²) in [5.41, 5.74) is 14.3. The van der Waals surface area contributed by atoms with Gasteiger partial charge in [-0.1, -0.05) is 13.0 Å². The Morgan fingerprint density at radius 1 is 1.14 bits per heavy atom. The number of carbonyl (C=O) groups is 1. The Bertz CT molecular complexity index is 1150. The number of hydrogen-bond donors (Lipinski definition) is 2. The largest absolute Gasteiger partial charge is 0.354 e. The lowest BCUT2D eigenvalue weighted by Gasteiger charge is -2.37. The average molecular weight is 496 g/mol. The summed E-state index contributed by atoms with van der Waals surface area (Å²) in [6, 6.07) is 8.05. The highest BCUT2D eigenvalue weighted by Crippen LogP contribution is 2.28. The summed E-state index contributed by atoms with van der Waals surface area (Å²) in [5, 5.41) is 0. The van der Waals surface area contributed by atoms with Crippen molar-refractivity contribution in [2.24, 2.45) is 16.9 Å². The first-order chi connectivity index (χ1) is 17.0. The predicted octanol–water partition coefficient (Wildman–Crippen LogP) is 1.14. The Kier molecular flexibility index (Phi) is 7.54. The zero-order valence-corrected chi connectivity index (χ0v) is 22.2. The molecule has 2 aliphatic rings. The molecule has 2 aliphatic heterocycles. The first-order valence-corrected chi connectivity index (χ1v) is 12.9. The van der Waals surface area contributed by atoms with Crippen molar-refractivity contribution in [3.8, 4) is 5.69 Å². The Morgan fingerprint density at radius 3 is 2.44 bits per heavy atom. The maximum absolute atomic E-state index is 12.9. The van der Waals surface area contributed by atoms with Gasteiger partial charge in [0.25, 0.3) is 0 Å². The second-order valence-corrected chi connectivity index (χ2v) is 11.3. The first-order valence-electron chi connectivity index (χ1n) is 12.9. The summed E-state index contributed by atoms with van der Waals surface area (Å²) in [7, 11) is 0. The molecule has 0 spiro atoms. The number of aromatic nitrogens is 2. The summed E-state index contributed by atoms with van der Waals surface area (Å²) >= 11 is 0. The third-order valence-corrected chi connectivity index (χ3v) is 7.66. The van der Waals surface area contributed by atoms with Crippen molar-refractivity contribution in [1.29, 1.82) is 0 Å². The van der Waals surface area contributed by atoms with Crippen LogP contribution < -0.4 is 22.1 Å². The third-order valence-electron chi connectivity index (χ3n) is 7.66. The van der Waals surface area contributed by atoms with Gasteiger partial charge in [0.15, 0.2) is 0 Å². The minimum absolute atomic E-state index is 0.0567. The molecule has 196 valence electrons. The first kappa shape index (κ1) is 26.3. The van der Waals surface area contributed by atoms with E-state index in [1.807, 2.05) is 17.0 Å². The quantitative estimate of drug-likeness (QED) is 0.592. The Hall–Kier alpha value is -2.75. The van der Waals surface area contributed by atoms with Crippen molar-refractivity contribution in [2.75, 3.05) is 57.3 Å². The topological polar surface area (TPSA) is 114 Å². The molecular formula is C27H41N7O2. The van der Waals surface area contributed by atoms with Crippen molar-refractivity contribution < 1.29 is 4.79 Å². The molecule has 2 aromatic rings. The van der Waals surface area contributed by atoms with E-state index in [1.54, 1.807) is 29.5 Å². The molecule has 1 aromatic heterocycles. The molecule has 9 nitrogen and oxygen atoms in total. The maximum Gasteiger partial charge on any atom is 0.354 e. The van der Waals surface area contributed by atoms with Crippen LogP contribution >= 0.6 is 0 Å². The van der Waals surface area contributed by atoms with Crippen LogP contribution in [-0.2, 0) is 11.2 Å². The van der Waals surface area contributed by atoms with Gasteiger partial charge in [-0.3, -0.25) is 9.36 Å². The molecule has 3 heterocycles. The molecule has 36 heavy (non-hydrogen) atoms. The lowest BCUT2D eigenvalue weighted by molar-refractivity contribution is -0.136. The highest BCUT2D eigenvalue weighted by Gasteiger charge is 2.32. The van der Waals surface area contributed by atoms with Gasteiger partial charge < -0.3 is 26.2 Å². The normalized spacial score (nSPS) is 21.3. The van der Waals surface area contributed by atoms with Gasteiger partial charge in [0.05, 0.1) is 11.2 Å². The van der Waals surface area contributed by atoms with E-state index in [4.69, 9.17) is 11.5 Å². The summed E-state index contributed by atoms with van der Waals surface area (Å²) in [5.74, 6) is 0.581. The van der Waals surface area contributed by atoms with Crippen LogP contribution in [0.1, 0.15) is 38.3 Å². The zero-order chi connectivity index (χ0) is 26.1. The fraction of sp³-hybridized carbons (Fsp3) is 0.593. The molecule has 0 saturated carbocycles. The fourth-order valence-electron chi connectivity index (χ4n) is 5.19. The van der Waals surface area contributed by atoms with E-state index in [2.05, 4.69) is 35.9 Å². The molecule has 1 atom stereocenters. The van der Waals surface area contributed by atoms with Crippen LogP contribution in [0.5, 0.6) is 0 Å². The van der Waals surface area contributed by atoms with E-state index in [0.29, 0.717) is 32.0 Å². The van der Waals surface area contributed by atoms with Gasteiger partial charge in [-0.2, -0.15) is 4.98 Å². The van der Waals surface area contributed by atoms with Gasteiger partial charge in [0, 0.05) is 45.5 Å². The van der Waals surface area contributed by atoms with Gasteiger partial charge in [-0.05, 0) is 81.4 Å². The number of hydrogen-bond acceptors (Lipinski definition) is 7. The van der Waals surface area contributed by atoms with Crippen molar-refractivity contribution in [1.82, 2.24) is 19.4 Å². The fourth-order valence-corrected chi connectivity index (χ4v) is 5.19. The highest BCUT2D eigenvalue weighted by molar-refractivity contribution is 5.85. The monoisotopic (exact) mass is 495 g/mol. The molecule has 4 N–H and O–H groups in total. The molecule has 1 aromatic carbocycles. The molecule has 1 unspecified atom stereocenters. The van der Waals surface area contributed by atoms with Crippen molar-refractivity contribution in [3.63, 3.8) is 0 Å². The van der Waals surface area contributed by atoms with Crippen LogP contribution in [0.2, 0.25) is 0 Å².